The topological polar surface area (TPSA) is 132 Å². The maximum Gasteiger partial charge on any atom is 0.472 e. The second-order valence-electron chi connectivity index (χ2n) is 14.3. The summed E-state index contributed by atoms with van der Waals surface area (Å²) in [5, 5.41) is 18.3. The lowest BCUT2D eigenvalue weighted by Crippen LogP contribution is -2.29. The van der Waals surface area contributed by atoms with Gasteiger partial charge in [0, 0.05) is 13.0 Å². The third kappa shape index (κ3) is 41.6. The number of unbranched alkanes of at least 4 members (excludes halogenated alkanes) is 17. The second kappa shape index (κ2) is 41.8. The zero-order chi connectivity index (χ0) is 40.3. The van der Waals surface area contributed by atoms with Crippen molar-refractivity contribution >= 4 is 13.8 Å². The molecule has 3 atom stereocenters. The summed E-state index contributed by atoms with van der Waals surface area (Å²) in [6.45, 7) is 3.35. The molecule has 0 amide bonds. The predicted molar refractivity (Wildman–Crippen MR) is 228 cm³/mol. The molecule has 0 aliphatic heterocycles. The zero-order valence-electron chi connectivity index (χ0n) is 34.9. The molecule has 0 heterocycles. The van der Waals surface area contributed by atoms with Gasteiger partial charge in [-0.05, 0) is 77.0 Å². The van der Waals surface area contributed by atoms with Gasteiger partial charge in [-0.25, -0.2) is 4.57 Å². The SMILES string of the molecule is CC/C=C\C/C=C\C/C=C\C/C=C\CCCCCCCCCCC(=O)OC(COCCCCCCCC/C=C\CCCCC)COP(=O)(O)OCC(O)CO. The van der Waals surface area contributed by atoms with Gasteiger partial charge >= 0.3 is 13.8 Å². The Bertz CT molecular complexity index is 1040. The van der Waals surface area contributed by atoms with E-state index >= 15 is 0 Å². The van der Waals surface area contributed by atoms with Gasteiger partial charge < -0.3 is 24.6 Å². The Morgan fingerprint density at radius 1 is 0.582 bits per heavy atom. The average molecular weight is 797 g/mol. The van der Waals surface area contributed by atoms with Gasteiger partial charge in [-0.1, -0.05) is 152 Å². The highest BCUT2D eigenvalue weighted by Gasteiger charge is 2.26. The van der Waals surface area contributed by atoms with E-state index in [9.17, 15) is 19.4 Å². The van der Waals surface area contributed by atoms with Crippen LogP contribution in [-0.2, 0) is 27.9 Å². The first-order valence-electron chi connectivity index (χ1n) is 21.8. The standard InChI is InChI=1S/C45H81O9P/c1-3-5-7-9-11-13-15-17-18-19-20-21-22-23-24-25-27-29-31-33-35-37-45(48)54-44(42-53-55(49,50)52-40-43(47)39-46)41-51-38-36-34-32-30-28-26-16-14-12-10-8-6-4-2/h5,7,11-14,17-18,20-21,43-44,46-47H,3-4,6,8-10,15-16,19,22-42H2,1-2H3,(H,49,50)/b7-5-,13-11-,14-12-,18-17-,21-20-. The van der Waals surface area contributed by atoms with Crippen molar-refractivity contribution in [2.45, 2.75) is 187 Å². The van der Waals surface area contributed by atoms with Crippen molar-refractivity contribution < 1.29 is 43.0 Å². The predicted octanol–water partition coefficient (Wildman–Crippen LogP) is 12.0. The summed E-state index contributed by atoms with van der Waals surface area (Å²) < 4.78 is 33.3. The number of carbonyl (C=O) groups is 1. The fourth-order valence-corrected chi connectivity index (χ4v) is 6.42. The fraction of sp³-hybridized carbons (Fsp3) is 0.756. The zero-order valence-corrected chi connectivity index (χ0v) is 35.8. The lowest BCUT2D eigenvalue weighted by molar-refractivity contribution is -0.154. The van der Waals surface area contributed by atoms with E-state index in [1.165, 1.54) is 70.6 Å². The highest BCUT2D eigenvalue weighted by atomic mass is 31.2. The highest BCUT2D eigenvalue weighted by Crippen LogP contribution is 2.43. The van der Waals surface area contributed by atoms with Crippen LogP contribution >= 0.6 is 7.82 Å². The second-order valence-corrected chi connectivity index (χ2v) is 15.8. The van der Waals surface area contributed by atoms with Gasteiger partial charge in [0.2, 0.25) is 0 Å². The van der Waals surface area contributed by atoms with Gasteiger partial charge in [0.1, 0.15) is 12.2 Å². The quantitative estimate of drug-likeness (QED) is 0.0239. The summed E-state index contributed by atoms with van der Waals surface area (Å²) >= 11 is 0. The van der Waals surface area contributed by atoms with Gasteiger partial charge in [-0.3, -0.25) is 13.8 Å². The minimum Gasteiger partial charge on any atom is -0.457 e. The Hall–Kier alpha value is -1.84. The molecule has 0 saturated heterocycles. The highest BCUT2D eigenvalue weighted by molar-refractivity contribution is 7.47. The van der Waals surface area contributed by atoms with Crippen LogP contribution in [0, 0.1) is 0 Å². The lowest BCUT2D eigenvalue weighted by atomic mass is 10.1. The summed E-state index contributed by atoms with van der Waals surface area (Å²) in [5.41, 5.74) is 0. The number of allylic oxidation sites excluding steroid dienone is 10. The summed E-state index contributed by atoms with van der Waals surface area (Å²) in [5.74, 6) is -0.395. The molecule has 0 saturated carbocycles. The molecule has 10 heteroatoms. The minimum atomic E-state index is -4.52. The van der Waals surface area contributed by atoms with Crippen molar-refractivity contribution in [1.82, 2.24) is 0 Å². The number of aliphatic hydroxyl groups excluding tert-OH is 2. The summed E-state index contributed by atoms with van der Waals surface area (Å²) in [4.78, 5) is 22.6. The maximum absolute atomic E-state index is 12.6. The van der Waals surface area contributed by atoms with Gasteiger partial charge in [-0.2, -0.15) is 0 Å². The van der Waals surface area contributed by atoms with Crippen LogP contribution in [0.2, 0.25) is 0 Å². The molecule has 0 aromatic heterocycles. The number of hydrogen-bond acceptors (Lipinski definition) is 8. The monoisotopic (exact) mass is 797 g/mol. The summed E-state index contributed by atoms with van der Waals surface area (Å²) in [7, 11) is -4.52. The molecule has 320 valence electrons. The molecule has 9 nitrogen and oxygen atoms in total. The Kier molecular flexibility index (Phi) is 40.4. The number of carbonyl (C=O) groups excluding carboxylic acids is 1. The van der Waals surface area contributed by atoms with Crippen molar-refractivity contribution in [3.8, 4) is 0 Å². The molecule has 3 unspecified atom stereocenters. The van der Waals surface area contributed by atoms with Crippen LogP contribution in [0.15, 0.2) is 60.8 Å². The fourth-order valence-electron chi connectivity index (χ4n) is 5.63. The van der Waals surface area contributed by atoms with Gasteiger partial charge in [0.25, 0.3) is 0 Å². The van der Waals surface area contributed by atoms with E-state index in [-0.39, 0.29) is 19.6 Å². The molecule has 0 aliphatic carbocycles. The van der Waals surface area contributed by atoms with Gasteiger partial charge in [0.05, 0.1) is 26.4 Å². The normalized spacial score (nSPS) is 14.6. The Morgan fingerprint density at radius 2 is 1.04 bits per heavy atom. The van der Waals surface area contributed by atoms with Crippen LogP contribution < -0.4 is 0 Å². The molecule has 0 spiro atoms. The number of phosphoric ester groups is 1. The largest absolute Gasteiger partial charge is 0.472 e. The van der Waals surface area contributed by atoms with Crippen LogP contribution in [0.25, 0.3) is 0 Å². The molecule has 0 radical (unpaired) electrons. The van der Waals surface area contributed by atoms with Gasteiger partial charge in [-0.15, -0.1) is 0 Å². The van der Waals surface area contributed by atoms with Crippen LogP contribution in [0.1, 0.15) is 174 Å². The van der Waals surface area contributed by atoms with E-state index in [1.54, 1.807) is 0 Å². The maximum atomic E-state index is 12.6. The molecular weight excluding hydrogens is 715 g/mol. The molecule has 0 bridgehead atoms. The first-order chi connectivity index (χ1) is 26.8. The molecule has 0 fully saturated rings. The van der Waals surface area contributed by atoms with Crippen LogP contribution in [0.4, 0.5) is 0 Å². The molecule has 55 heavy (non-hydrogen) atoms. The van der Waals surface area contributed by atoms with E-state index in [2.05, 4.69) is 74.6 Å². The Labute approximate surface area is 336 Å². The van der Waals surface area contributed by atoms with Crippen LogP contribution in [-0.4, -0.2) is 66.3 Å². The average Bonchev–Trinajstić information content (AvgIpc) is 3.18. The number of rotatable bonds is 41. The van der Waals surface area contributed by atoms with Gasteiger partial charge in [0.15, 0.2) is 0 Å². The first-order valence-corrected chi connectivity index (χ1v) is 23.3. The van der Waals surface area contributed by atoms with Crippen molar-refractivity contribution in [2.75, 3.05) is 33.0 Å². The number of esters is 1. The molecular formula is C45H81O9P. The third-order valence-electron chi connectivity index (χ3n) is 8.94. The molecule has 0 aliphatic rings. The Balaban J connectivity index is 4.17. The first kappa shape index (κ1) is 53.2. The number of hydrogen-bond donors (Lipinski definition) is 3. The van der Waals surface area contributed by atoms with Crippen LogP contribution in [0.3, 0.4) is 0 Å². The molecule has 0 rings (SSSR count). The molecule has 0 aromatic carbocycles. The smallest absolute Gasteiger partial charge is 0.457 e. The van der Waals surface area contributed by atoms with E-state index in [0.717, 1.165) is 83.5 Å². The van der Waals surface area contributed by atoms with Crippen molar-refractivity contribution in [3.63, 3.8) is 0 Å². The summed E-state index contributed by atoms with van der Waals surface area (Å²) in [6, 6.07) is 0. The lowest BCUT2D eigenvalue weighted by Gasteiger charge is -2.20. The van der Waals surface area contributed by atoms with E-state index < -0.39 is 39.2 Å². The van der Waals surface area contributed by atoms with Crippen molar-refractivity contribution in [1.29, 1.82) is 0 Å². The van der Waals surface area contributed by atoms with E-state index in [1.807, 2.05) is 0 Å². The Morgan fingerprint density at radius 3 is 1.58 bits per heavy atom. The summed E-state index contributed by atoms with van der Waals surface area (Å²) in [6.07, 6.45) is 47.4. The third-order valence-corrected chi connectivity index (χ3v) is 9.89. The minimum absolute atomic E-state index is 0.0396. The van der Waals surface area contributed by atoms with Crippen molar-refractivity contribution in [2.24, 2.45) is 0 Å². The number of ether oxygens (including phenoxy) is 2. The number of phosphoric acid groups is 1. The molecule has 3 N–H and O–H groups in total. The van der Waals surface area contributed by atoms with Crippen LogP contribution in [0.5, 0.6) is 0 Å². The number of aliphatic hydroxyl groups is 2. The van der Waals surface area contributed by atoms with E-state index in [0.29, 0.717) is 6.61 Å². The molecule has 0 aromatic rings. The van der Waals surface area contributed by atoms with Crippen molar-refractivity contribution in [3.05, 3.63) is 60.8 Å². The van der Waals surface area contributed by atoms with E-state index in [4.69, 9.17) is 23.6 Å².